The largest absolute Gasteiger partial charge is 0.325 e. The number of hydrogen-bond acceptors (Lipinski definition) is 4. The van der Waals surface area contributed by atoms with Gasteiger partial charge in [-0.2, -0.15) is 4.37 Å². The van der Waals surface area contributed by atoms with Gasteiger partial charge in [0.25, 0.3) is 0 Å². The van der Waals surface area contributed by atoms with Crippen LogP contribution < -0.4 is 5.73 Å². The van der Waals surface area contributed by atoms with Gasteiger partial charge < -0.3 is 5.73 Å². The fourth-order valence-corrected chi connectivity index (χ4v) is 2.10. The highest BCUT2D eigenvalue weighted by Crippen LogP contribution is 2.32. The third-order valence-corrected chi connectivity index (χ3v) is 3.15. The van der Waals surface area contributed by atoms with Crippen molar-refractivity contribution in [3.8, 4) is 0 Å². The first kappa shape index (κ1) is 8.84. The summed E-state index contributed by atoms with van der Waals surface area (Å²) in [5.41, 5.74) is 6.31. The Bertz CT molecular complexity index is 303. The number of Topliss-reactive ketones (excluding diaryl/α,β-unsaturated/α-hetero) is 1. The number of hydrogen-bond donors (Lipinski definition) is 1. The van der Waals surface area contributed by atoms with Gasteiger partial charge in [-0.3, -0.25) is 4.79 Å². The van der Waals surface area contributed by atoms with Crippen LogP contribution in [-0.4, -0.2) is 15.7 Å². The second-order valence-corrected chi connectivity index (χ2v) is 4.37. The molecule has 1 heterocycles. The van der Waals surface area contributed by atoms with Crippen molar-refractivity contribution in [2.24, 2.45) is 5.73 Å². The summed E-state index contributed by atoms with van der Waals surface area (Å²) in [5, 5.41) is 1.82. The summed E-state index contributed by atoms with van der Waals surface area (Å²) in [6.07, 6.45) is 3.56. The van der Waals surface area contributed by atoms with E-state index in [-0.39, 0.29) is 11.3 Å². The summed E-state index contributed by atoms with van der Waals surface area (Å²) < 4.78 is 4.00. The molecule has 0 spiro atoms. The molecule has 0 aliphatic heterocycles. The monoisotopic (exact) mass is 196 g/mol. The Balaban J connectivity index is 1.99. The molecule has 3 nitrogen and oxygen atoms in total. The first-order valence-electron chi connectivity index (χ1n) is 4.42. The molecular formula is C9H12N2OS. The van der Waals surface area contributed by atoms with Gasteiger partial charge in [-0.1, -0.05) is 0 Å². The normalized spacial score (nSPS) is 19.5. The van der Waals surface area contributed by atoms with E-state index in [1.807, 2.05) is 5.38 Å². The molecule has 13 heavy (non-hydrogen) atoms. The maximum atomic E-state index is 11.6. The molecule has 1 saturated carbocycles. The number of carbonyl (C=O) groups is 1. The summed E-state index contributed by atoms with van der Waals surface area (Å²) in [6, 6.07) is 1.76. The Morgan fingerprint density at radius 3 is 2.92 bits per heavy atom. The van der Waals surface area contributed by atoms with Gasteiger partial charge in [-0.15, -0.1) is 0 Å². The van der Waals surface area contributed by atoms with Gasteiger partial charge in [0.2, 0.25) is 0 Å². The van der Waals surface area contributed by atoms with Crippen molar-refractivity contribution in [1.82, 2.24) is 4.37 Å². The predicted octanol–water partition coefficient (Wildman–Crippen LogP) is 1.60. The molecule has 1 aliphatic rings. The number of aromatic nitrogens is 1. The van der Waals surface area contributed by atoms with Gasteiger partial charge in [-0.05, 0) is 36.9 Å². The third-order valence-electron chi connectivity index (χ3n) is 2.59. The fraction of sp³-hybridized carbons (Fsp3) is 0.556. The quantitative estimate of drug-likeness (QED) is 0.747. The summed E-state index contributed by atoms with van der Waals surface area (Å²) in [4.78, 5) is 11.6. The van der Waals surface area contributed by atoms with Gasteiger partial charge >= 0.3 is 0 Å². The molecule has 0 bridgehead atoms. The predicted molar refractivity (Wildman–Crippen MR) is 51.8 cm³/mol. The van der Waals surface area contributed by atoms with Gasteiger partial charge in [0, 0.05) is 17.3 Å². The molecule has 0 amide bonds. The SMILES string of the molecule is NC1(CC(=O)c2ccsn2)CCC1. The van der Waals surface area contributed by atoms with Crippen LogP contribution in [0.5, 0.6) is 0 Å². The molecule has 2 N–H and O–H groups in total. The molecule has 70 valence electrons. The smallest absolute Gasteiger partial charge is 0.184 e. The maximum Gasteiger partial charge on any atom is 0.184 e. The van der Waals surface area contributed by atoms with Gasteiger partial charge in [0.1, 0.15) is 5.69 Å². The van der Waals surface area contributed by atoms with E-state index in [4.69, 9.17) is 5.73 Å². The third kappa shape index (κ3) is 1.78. The maximum absolute atomic E-state index is 11.6. The molecule has 0 atom stereocenters. The van der Waals surface area contributed by atoms with Crippen LogP contribution in [0.25, 0.3) is 0 Å². The number of carbonyl (C=O) groups excluding carboxylic acids is 1. The number of nitrogens with two attached hydrogens (primary N) is 1. The average molecular weight is 196 g/mol. The standard InChI is InChI=1S/C9H12N2OS/c10-9(3-1-4-9)6-8(12)7-2-5-13-11-7/h2,5H,1,3-4,6,10H2. The van der Waals surface area contributed by atoms with Crippen LogP contribution in [0, 0.1) is 0 Å². The van der Waals surface area contributed by atoms with Crippen LogP contribution in [0.1, 0.15) is 36.2 Å². The first-order valence-corrected chi connectivity index (χ1v) is 5.26. The van der Waals surface area contributed by atoms with E-state index >= 15 is 0 Å². The fourth-order valence-electron chi connectivity index (χ4n) is 1.57. The van der Waals surface area contributed by atoms with E-state index in [1.54, 1.807) is 6.07 Å². The van der Waals surface area contributed by atoms with Gasteiger partial charge in [0.05, 0.1) is 0 Å². The Morgan fingerprint density at radius 2 is 2.46 bits per heavy atom. The average Bonchev–Trinajstić information content (AvgIpc) is 2.53. The van der Waals surface area contributed by atoms with Gasteiger partial charge in [0.15, 0.2) is 5.78 Å². The minimum Gasteiger partial charge on any atom is -0.325 e. The van der Waals surface area contributed by atoms with Crippen LogP contribution in [0.2, 0.25) is 0 Å². The van der Waals surface area contributed by atoms with Crippen LogP contribution >= 0.6 is 11.5 Å². The van der Waals surface area contributed by atoms with Gasteiger partial charge in [-0.25, -0.2) is 0 Å². The Kier molecular flexibility index (Phi) is 2.17. The molecule has 0 radical (unpaired) electrons. The molecular weight excluding hydrogens is 184 g/mol. The van der Waals surface area contributed by atoms with Crippen molar-refractivity contribution < 1.29 is 4.79 Å². The number of nitrogens with zero attached hydrogens (tertiary/aromatic N) is 1. The lowest BCUT2D eigenvalue weighted by Gasteiger charge is -2.37. The van der Waals surface area contributed by atoms with Crippen LogP contribution in [0.15, 0.2) is 11.4 Å². The van der Waals surface area contributed by atoms with Crippen molar-refractivity contribution in [2.45, 2.75) is 31.2 Å². The second-order valence-electron chi connectivity index (χ2n) is 3.70. The molecule has 1 aliphatic carbocycles. The summed E-state index contributed by atoms with van der Waals surface area (Å²) in [6.45, 7) is 0. The Hall–Kier alpha value is -0.740. The van der Waals surface area contributed by atoms with E-state index < -0.39 is 0 Å². The number of rotatable bonds is 3. The van der Waals surface area contributed by atoms with E-state index in [0.29, 0.717) is 12.1 Å². The van der Waals surface area contributed by atoms with E-state index in [9.17, 15) is 4.79 Å². The zero-order valence-electron chi connectivity index (χ0n) is 7.32. The molecule has 2 rings (SSSR count). The highest BCUT2D eigenvalue weighted by Gasteiger charge is 2.35. The summed E-state index contributed by atoms with van der Waals surface area (Å²) in [5.74, 6) is 0.0865. The highest BCUT2D eigenvalue weighted by atomic mass is 32.1. The lowest BCUT2D eigenvalue weighted by Crippen LogP contribution is -2.48. The highest BCUT2D eigenvalue weighted by molar-refractivity contribution is 7.03. The molecule has 1 aromatic heterocycles. The van der Waals surface area contributed by atoms with Crippen molar-refractivity contribution in [2.75, 3.05) is 0 Å². The minimum absolute atomic E-state index is 0.0865. The molecule has 4 heteroatoms. The summed E-state index contributed by atoms with van der Waals surface area (Å²) in [7, 11) is 0. The molecule has 0 unspecified atom stereocenters. The topological polar surface area (TPSA) is 56.0 Å². The first-order chi connectivity index (χ1) is 6.20. The van der Waals surface area contributed by atoms with E-state index in [2.05, 4.69) is 4.37 Å². The van der Waals surface area contributed by atoms with Crippen molar-refractivity contribution in [3.05, 3.63) is 17.1 Å². The van der Waals surface area contributed by atoms with E-state index in [1.165, 1.54) is 11.5 Å². The second kappa shape index (κ2) is 3.20. The number of ketones is 1. The lowest BCUT2D eigenvalue weighted by molar-refractivity contribution is 0.0908. The molecule has 1 aromatic rings. The van der Waals surface area contributed by atoms with Crippen molar-refractivity contribution in [1.29, 1.82) is 0 Å². The molecule has 0 aromatic carbocycles. The molecule has 1 fully saturated rings. The van der Waals surface area contributed by atoms with Crippen molar-refractivity contribution >= 4 is 17.3 Å². The summed E-state index contributed by atoms with van der Waals surface area (Å²) >= 11 is 1.31. The Morgan fingerprint density at radius 1 is 1.69 bits per heavy atom. The zero-order valence-corrected chi connectivity index (χ0v) is 8.14. The Labute approximate surface area is 81.1 Å². The van der Waals surface area contributed by atoms with Crippen molar-refractivity contribution in [3.63, 3.8) is 0 Å². The zero-order chi connectivity index (χ0) is 9.31. The molecule has 0 saturated heterocycles. The van der Waals surface area contributed by atoms with Crippen LogP contribution in [-0.2, 0) is 0 Å². The van der Waals surface area contributed by atoms with E-state index in [0.717, 1.165) is 19.3 Å². The minimum atomic E-state index is -0.222. The van der Waals surface area contributed by atoms with Crippen LogP contribution in [0.4, 0.5) is 0 Å². The lowest BCUT2D eigenvalue weighted by atomic mass is 9.74. The van der Waals surface area contributed by atoms with Crippen LogP contribution in [0.3, 0.4) is 0 Å².